The van der Waals surface area contributed by atoms with Gasteiger partial charge in [-0.1, -0.05) is 11.6 Å². The molecular weight excluding hydrogens is 280 g/mol. The zero-order valence-electron chi connectivity index (χ0n) is 11.1. The molecule has 1 aromatic rings. The number of piperidine rings is 1. The Kier molecular flexibility index (Phi) is 4.19. The third-order valence-corrected chi connectivity index (χ3v) is 3.95. The zero-order chi connectivity index (χ0) is 13.9. The van der Waals surface area contributed by atoms with Gasteiger partial charge in [0.1, 0.15) is 5.69 Å². The maximum atomic E-state index is 12.6. The Bertz CT molecular complexity index is 491. The number of aromatic nitrogens is 1. The molecule has 1 unspecified atom stereocenters. The molecule has 3 rings (SSSR count). The van der Waals surface area contributed by atoms with Crippen LogP contribution in [-0.4, -0.2) is 47.9 Å². The van der Waals surface area contributed by atoms with Gasteiger partial charge in [-0.2, -0.15) is 0 Å². The van der Waals surface area contributed by atoms with Gasteiger partial charge in [-0.05, 0) is 31.4 Å². The van der Waals surface area contributed by atoms with Crippen molar-refractivity contribution in [2.45, 2.75) is 31.6 Å². The molecule has 2 fully saturated rings. The molecular formula is C14H17ClN2O3. The maximum Gasteiger partial charge on any atom is 0.272 e. The Labute approximate surface area is 122 Å². The first-order valence-corrected chi connectivity index (χ1v) is 7.29. The summed E-state index contributed by atoms with van der Waals surface area (Å²) >= 11 is 5.93. The quantitative estimate of drug-likeness (QED) is 0.839. The second-order valence-electron chi connectivity index (χ2n) is 5.03. The van der Waals surface area contributed by atoms with Crippen molar-refractivity contribution in [3.05, 3.63) is 29.0 Å². The lowest BCUT2D eigenvalue weighted by Crippen LogP contribution is -2.50. The van der Waals surface area contributed by atoms with E-state index in [1.165, 1.54) is 0 Å². The van der Waals surface area contributed by atoms with E-state index in [9.17, 15) is 4.79 Å². The minimum Gasteiger partial charge on any atom is -0.348 e. The van der Waals surface area contributed by atoms with Gasteiger partial charge in [0.2, 0.25) is 0 Å². The van der Waals surface area contributed by atoms with Crippen LogP contribution in [0.15, 0.2) is 18.3 Å². The highest BCUT2D eigenvalue weighted by molar-refractivity contribution is 6.30. The molecule has 2 saturated heterocycles. The Balaban J connectivity index is 1.80. The molecule has 5 nitrogen and oxygen atoms in total. The zero-order valence-corrected chi connectivity index (χ0v) is 11.9. The molecule has 6 heteroatoms. The molecule has 0 N–H and O–H groups in total. The standard InChI is InChI=1S/C14H17ClN2O3/c15-10-4-5-16-11(9-10)13(18)17-6-2-1-3-12(17)14-19-7-8-20-14/h4-5,9,12,14H,1-3,6-8H2. The summed E-state index contributed by atoms with van der Waals surface area (Å²) < 4.78 is 11.1. The van der Waals surface area contributed by atoms with Crippen LogP contribution in [0.4, 0.5) is 0 Å². The van der Waals surface area contributed by atoms with E-state index < -0.39 is 0 Å². The number of carbonyl (C=O) groups excluding carboxylic acids is 1. The normalized spacial score (nSPS) is 24.1. The monoisotopic (exact) mass is 296 g/mol. The molecule has 0 saturated carbocycles. The molecule has 1 amide bonds. The predicted octanol–water partition coefficient (Wildman–Crippen LogP) is 2.10. The maximum absolute atomic E-state index is 12.6. The van der Waals surface area contributed by atoms with E-state index in [-0.39, 0.29) is 18.2 Å². The molecule has 2 aliphatic heterocycles. The molecule has 1 atom stereocenters. The number of rotatable bonds is 2. The minimum absolute atomic E-state index is 0.0282. The summed E-state index contributed by atoms with van der Waals surface area (Å²) in [5, 5.41) is 0.519. The van der Waals surface area contributed by atoms with Gasteiger partial charge in [0.05, 0.1) is 19.3 Å². The van der Waals surface area contributed by atoms with Gasteiger partial charge < -0.3 is 14.4 Å². The van der Waals surface area contributed by atoms with E-state index in [2.05, 4.69) is 4.98 Å². The second-order valence-corrected chi connectivity index (χ2v) is 5.47. The van der Waals surface area contributed by atoms with Crippen LogP contribution in [0.25, 0.3) is 0 Å². The van der Waals surface area contributed by atoms with E-state index in [0.717, 1.165) is 19.3 Å². The van der Waals surface area contributed by atoms with Gasteiger partial charge in [0.15, 0.2) is 6.29 Å². The van der Waals surface area contributed by atoms with E-state index in [1.54, 1.807) is 18.3 Å². The number of halogens is 1. The molecule has 0 aliphatic carbocycles. The third kappa shape index (κ3) is 2.80. The lowest BCUT2D eigenvalue weighted by Gasteiger charge is -2.37. The highest BCUT2D eigenvalue weighted by Gasteiger charge is 2.36. The van der Waals surface area contributed by atoms with E-state index in [4.69, 9.17) is 21.1 Å². The van der Waals surface area contributed by atoms with Crippen molar-refractivity contribution < 1.29 is 14.3 Å². The third-order valence-electron chi connectivity index (χ3n) is 3.71. The summed E-state index contributed by atoms with van der Waals surface area (Å²) in [7, 11) is 0. The van der Waals surface area contributed by atoms with Crippen molar-refractivity contribution in [1.82, 2.24) is 9.88 Å². The number of likely N-dealkylation sites (tertiary alicyclic amines) is 1. The van der Waals surface area contributed by atoms with Gasteiger partial charge in [0, 0.05) is 17.8 Å². The van der Waals surface area contributed by atoms with Crippen LogP contribution in [0.3, 0.4) is 0 Å². The van der Waals surface area contributed by atoms with Crippen LogP contribution in [0.1, 0.15) is 29.8 Å². The van der Waals surface area contributed by atoms with E-state index >= 15 is 0 Å². The molecule has 108 valence electrons. The number of carbonyl (C=O) groups is 1. The molecule has 1 aromatic heterocycles. The summed E-state index contributed by atoms with van der Waals surface area (Å²) in [6.45, 7) is 1.90. The van der Waals surface area contributed by atoms with E-state index in [1.807, 2.05) is 4.90 Å². The van der Waals surface area contributed by atoms with Crippen LogP contribution in [0, 0.1) is 0 Å². The number of nitrogens with zero attached hydrogens (tertiary/aromatic N) is 2. The summed E-state index contributed by atoms with van der Waals surface area (Å²) in [6, 6.07) is 3.24. The molecule has 0 aromatic carbocycles. The highest BCUT2D eigenvalue weighted by Crippen LogP contribution is 2.26. The first-order valence-electron chi connectivity index (χ1n) is 6.91. The molecule has 0 radical (unpaired) electrons. The average molecular weight is 297 g/mol. The van der Waals surface area contributed by atoms with Crippen molar-refractivity contribution in [3.63, 3.8) is 0 Å². The fraction of sp³-hybridized carbons (Fsp3) is 0.571. The smallest absolute Gasteiger partial charge is 0.272 e. The van der Waals surface area contributed by atoms with Gasteiger partial charge >= 0.3 is 0 Å². The SMILES string of the molecule is O=C(c1cc(Cl)ccn1)N1CCCCC1C1OCCO1. The van der Waals surface area contributed by atoms with E-state index in [0.29, 0.717) is 30.5 Å². The van der Waals surface area contributed by atoms with Crippen molar-refractivity contribution in [2.24, 2.45) is 0 Å². The van der Waals surface area contributed by atoms with Gasteiger partial charge in [-0.15, -0.1) is 0 Å². The van der Waals surface area contributed by atoms with Crippen molar-refractivity contribution in [1.29, 1.82) is 0 Å². The lowest BCUT2D eigenvalue weighted by atomic mass is 10.0. The topological polar surface area (TPSA) is 51.7 Å². The fourth-order valence-electron chi connectivity index (χ4n) is 2.76. The van der Waals surface area contributed by atoms with Crippen LogP contribution in [0.2, 0.25) is 5.02 Å². The molecule has 2 aliphatic rings. The minimum atomic E-state index is -0.307. The van der Waals surface area contributed by atoms with Crippen LogP contribution >= 0.6 is 11.6 Å². The Morgan fingerprint density at radius 1 is 1.35 bits per heavy atom. The van der Waals surface area contributed by atoms with Gasteiger partial charge in [0.25, 0.3) is 5.91 Å². The Morgan fingerprint density at radius 3 is 2.90 bits per heavy atom. The number of amides is 1. The Morgan fingerprint density at radius 2 is 2.15 bits per heavy atom. The largest absolute Gasteiger partial charge is 0.348 e. The van der Waals surface area contributed by atoms with Crippen molar-refractivity contribution in [3.8, 4) is 0 Å². The lowest BCUT2D eigenvalue weighted by molar-refractivity contribution is -0.100. The average Bonchev–Trinajstić information content (AvgIpc) is 3.00. The first-order chi connectivity index (χ1) is 9.75. The second kappa shape index (κ2) is 6.08. The molecule has 3 heterocycles. The fourth-order valence-corrected chi connectivity index (χ4v) is 2.92. The van der Waals surface area contributed by atoms with Crippen LogP contribution in [0.5, 0.6) is 0 Å². The summed E-state index contributed by atoms with van der Waals surface area (Å²) in [6.07, 6.45) is 4.22. The number of hydrogen-bond donors (Lipinski definition) is 0. The number of ether oxygens (including phenoxy) is 2. The van der Waals surface area contributed by atoms with Gasteiger partial charge in [-0.25, -0.2) is 0 Å². The first kappa shape index (κ1) is 13.8. The van der Waals surface area contributed by atoms with Gasteiger partial charge in [-0.3, -0.25) is 9.78 Å². The molecule has 0 spiro atoms. The molecule has 20 heavy (non-hydrogen) atoms. The van der Waals surface area contributed by atoms with Crippen LogP contribution < -0.4 is 0 Å². The van der Waals surface area contributed by atoms with Crippen molar-refractivity contribution >= 4 is 17.5 Å². The predicted molar refractivity (Wildman–Crippen MR) is 73.6 cm³/mol. The summed E-state index contributed by atoms with van der Waals surface area (Å²) in [5.74, 6) is -0.101. The molecule has 0 bridgehead atoms. The number of hydrogen-bond acceptors (Lipinski definition) is 4. The Hall–Kier alpha value is -1.17. The number of pyridine rings is 1. The van der Waals surface area contributed by atoms with Crippen molar-refractivity contribution in [2.75, 3.05) is 19.8 Å². The summed E-state index contributed by atoms with van der Waals surface area (Å²) in [5.41, 5.74) is 0.377. The highest BCUT2D eigenvalue weighted by atomic mass is 35.5. The van der Waals surface area contributed by atoms with Crippen LogP contribution in [-0.2, 0) is 9.47 Å². The summed E-state index contributed by atoms with van der Waals surface area (Å²) in [4.78, 5) is 18.5.